The Morgan fingerprint density at radius 2 is 1.68 bits per heavy atom. The van der Waals surface area contributed by atoms with E-state index in [1.54, 1.807) is 6.20 Å². The zero-order valence-electron chi connectivity index (χ0n) is 21.5. The number of hydrogen-bond acceptors (Lipinski definition) is 6. The molecule has 3 aromatic heterocycles. The van der Waals surface area contributed by atoms with Crippen LogP contribution in [0.1, 0.15) is 44.5 Å². The van der Waals surface area contributed by atoms with Gasteiger partial charge in [-0.1, -0.05) is 26.8 Å². The number of hydrogen-bond donors (Lipinski definition) is 0. The molecule has 1 aliphatic heterocycles. The molecule has 0 amide bonds. The van der Waals surface area contributed by atoms with Gasteiger partial charge in [-0.05, 0) is 18.1 Å². The second-order valence-corrected chi connectivity index (χ2v) is 10.0. The topological polar surface area (TPSA) is 63.0 Å². The maximum atomic E-state index is 14.2. The molecule has 1 fully saturated rings. The molecule has 1 saturated heterocycles. The molecule has 1 unspecified atom stereocenters. The van der Waals surface area contributed by atoms with Gasteiger partial charge in [-0.25, -0.2) is 23.4 Å². The first-order valence-corrected chi connectivity index (χ1v) is 12.6. The highest BCUT2D eigenvalue weighted by Gasteiger charge is 2.25. The van der Waals surface area contributed by atoms with Gasteiger partial charge in [0.25, 0.3) is 0 Å². The van der Waals surface area contributed by atoms with Crippen LogP contribution < -0.4 is 4.90 Å². The smallest absolute Gasteiger partial charge is 0.333 e. The summed E-state index contributed by atoms with van der Waals surface area (Å²) in [4.78, 5) is 18.5. The first-order valence-electron chi connectivity index (χ1n) is 12.6. The van der Waals surface area contributed by atoms with Crippen LogP contribution in [0.25, 0.3) is 22.3 Å². The molecule has 0 saturated carbocycles. The van der Waals surface area contributed by atoms with E-state index >= 15 is 0 Å². The lowest BCUT2D eigenvalue weighted by atomic mass is 9.94. The summed E-state index contributed by atoms with van der Waals surface area (Å²) in [5.74, 6) is 0.0316. The van der Waals surface area contributed by atoms with Crippen molar-refractivity contribution in [3.63, 3.8) is 0 Å². The minimum atomic E-state index is -2.77. The van der Waals surface area contributed by atoms with Crippen molar-refractivity contribution in [3.8, 4) is 11.3 Å². The highest BCUT2D eigenvalue weighted by molar-refractivity contribution is 5.83. The second kappa shape index (κ2) is 10.6. The van der Waals surface area contributed by atoms with Crippen LogP contribution in [0.4, 0.5) is 23.4 Å². The van der Waals surface area contributed by atoms with E-state index in [1.165, 1.54) is 24.5 Å². The molecule has 11 heteroatoms. The number of anilines is 1. The number of nitrogens with zero attached hydrogens (tertiary/aromatic N) is 7. The van der Waals surface area contributed by atoms with Gasteiger partial charge in [-0.15, -0.1) is 0 Å². The zero-order valence-corrected chi connectivity index (χ0v) is 21.5. The first kappa shape index (κ1) is 26.0. The van der Waals surface area contributed by atoms with Crippen LogP contribution >= 0.6 is 0 Å². The highest BCUT2D eigenvalue weighted by atomic mass is 19.3. The van der Waals surface area contributed by atoms with Crippen molar-refractivity contribution >= 4 is 16.9 Å². The summed E-state index contributed by atoms with van der Waals surface area (Å²) in [6, 6.07) is 5.56. The third-order valence-electron chi connectivity index (χ3n) is 7.18. The monoisotopic (exact) mass is 527 g/mol. The van der Waals surface area contributed by atoms with Crippen LogP contribution in [0.15, 0.2) is 42.9 Å². The number of pyridine rings is 1. The Balaban J connectivity index is 1.46. The third kappa shape index (κ3) is 5.33. The molecular weight excluding hydrogens is 498 g/mol. The fourth-order valence-electron chi connectivity index (χ4n) is 4.55. The molecule has 0 aliphatic carbocycles. The van der Waals surface area contributed by atoms with Crippen LogP contribution in [-0.2, 0) is 6.54 Å². The average molecular weight is 528 g/mol. The Morgan fingerprint density at radius 3 is 2.34 bits per heavy atom. The predicted molar refractivity (Wildman–Crippen MR) is 137 cm³/mol. The standard InChI is InChI=1S/C27H29F4N7/c1-16(2)17(3)22-11-23-24(13-32-22)34-25(19-12-33-38(15-19)27(30)31)26(35-23)37-8-6-36(7-9-37)14-18-4-5-20(28)10-21(18)29/h4-5,10-13,15-17,27H,6-9,14H2,1-3H3. The molecule has 0 N–H and O–H groups in total. The SMILES string of the molecule is CC(C)C(C)c1cc2nc(N3CCN(Cc4ccc(F)cc4F)CC3)c(-c3cnn(C(F)F)c3)nc2cn1. The van der Waals surface area contributed by atoms with Gasteiger partial charge < -0.3 is 4.90 Å². The quantitative estimate of drug-likeness (QED) is 0.290. The van der Waals surface area contributed by atoms with Gasteiger partial charge in [0.2, 0.25) is 0 Å². The molecule has 0 spiro atoms. The molecule has 5 rings (SSSR count). The number of rotatable bonds is 7. The number of fused-ring (bicyclic) bond motifs is 1. The van der Waals surface area contributed by atoms with E-state index in [0.29, 0.717) is 77.0 Å². The average Bonchev–Trinajstić information content (AvgIpc) is 3.40. The predicted octanol–water partition coefficient (Wildman–Crippen LogP) is 5.64. The largest absolute Gasteiger partial charge is 0.352 e. The summed E-state index contributed by atoms with van der Waals surface area (Å²) in [6.45, 7) is 6.33. The van der Waals surface area contributed by atoms with Crippen molar-refractivity contribution in [3.05, 3.63) is 65.7 Å². The molecule has 200 valence electrons. The van der Waals surface area contributed by atoms with E-state index in [2.05, 4.69) is 40.7 Å². The van der Waals surface area contributed by atoms with E-state index in [1.807, 2.05) is 6.07 Å². The Kier molecular flexibility index (Phi) is 7.29. The number of alkyl halides is 2. The zero-order chi connectivity index (χ0) is 27.0. The lowest BCUT2D eigenvalue weighted by Gasteiger charge is -2.36. The summed E-state index contributed by atoms with van der Waals surface area (Å²) in [6.07, 6.45) is 4.30. The molecule has 4 heterocycles. The van der Waals surface area contributed by atoms with Crippen molar-refractivity contribution in [1.82, 2.24) is 29.6 Å². The van der Waals surface area contributed by atoms with Crippen molar-refractivity contribution in [1.29, 1.82) is 0 Å². The van der Waals surface area contributed by atoms with E-state index < -0.39 is 18.2 Å². The lowest BCUT2D eigenvalue weighted by molar-refractivity contribution is 0.0566. The first-order chi connectivity index (χ1) is 18.2. The minimum absolute atomic E-state index is 0.226. The van der Waals surface area contributed by atoms with Gasteiger partial charge >= 0.3 is 6.55 Å². The second-order valence-electron chi connectivity index (χ2n) is 10.0. The van der Waals surface area contributed by atoms with E-state index in [0.717, 1.165) is 11.8 Å². The third-order valence-corrected chi connectivity index (χ3v) is 7.18. The molecule has 0 bridgehead atoms. The molecular formula is C27H29F4N7. The molecule has 7 nitrogen and oxygen atoms in total. The van der Waals surface area contributed by atoms with Crippen molar-refractivity contribution in [2.75, 3.05) is 31.1 Å². The lowest BCUT2D eigenvalue weighted by Crippen LogP contribution is -2.46. The summed E-state index contributed by atoms with van der Waals surface area (Å²) < 4.78 is 54.6. The van der Waals surface area contributed by atoms with Gasteiger partial charge in [0.1, 0.15) is 22.8 Å². The number of halogens is 4. The Morgan fingerprint density at radius 1 is 0.921 bits per heavy atom. The minimum Gasteiger partial charge on any atom is -0.352 e. The van der Waals surface area contributed by atoms with Gasteiger partial charge in [-0.2, -0.15) is 13.9 Å². The van der Waals surface area contributed by atoms with E-state index in [4.69, 9.17) is 9.97 Å². The van der Waals surface area contributed by atoms with Crippen LogP contribution in [0.5, 0.6) is 0 Å². The fourth-order valence-corrected chi connectivity index (χ4v) is 4.55. The maximum Gasteiger partial charge on any atom is 0.333 e. The highest BCUT2D eigenvalue weighted by Crippen LogP contribution is 2.32. The summed E-state index contributed by atoms with van der Waals surface area (Å²) >= 11 is 0. The molecule has 1 atom stereocenters. The summed E-state index contributed by atoms with van der Waals surface area (Å²) in [5.41, 5.74) is 3.48. The van der Waals surface area contributed by atoms with Gasteiger partial charge in [0.15, 0.2) is 5.82 Å². The van der Waals surface area contributed by atoms with Gasteiger partial charge in [0.05, 0.1) is 17.9 Å². The maximum absolute atomic E-state index is 14.2. The van der Waals surface area contributed by atoms with E-state index in [-0.39, 0.29) is 5.92 Å². The Bertz CT molecular complexity index is 1430. The van der Waals surface area contributed by atoms with Crippen LogP contribution in [-0.4, -0.2) is 55.8 Å². The Hall–Kier alpha value is -3.60. The number of piperazine rings is 1. The van der Waals surface area contributed by atoms with Crippen LogP contribution in [0.2, 0.25) is 0 Å². The fraction of sp³-hybridized carbons (Fsp3) is 0.407. The van der Waals surface area contributed by atoms with Crippen molar-refractivity contribution in [2.45, 2.75) is 39.8 Å². The molecule has 4 aromatic rings. The molecule has 1 aliphatic rings. The molecule has 0 radical (unpaired) electrons. The van der Waals surface area contributed by atoms with Crippen LogP contribution in [0.3, 0.4) is 0 Å². The van der Waals surface area contributed by atoms with Gasteiger partial charge in [0, 0.05) is 67.7 Å². The normalized spacial score (nSPS) is 15.7. The van der Waals surface area contributed by atoms with Crippen molar-refractivity contribution in [2.24, 2.45) is 5.92 Å². The van der Waals surface area contributed by atoms with Gasteiger partial charge in [-0.3, -0.25) is 9.88 Å². The van der Waals surface area contributed by atoms with E-state index in [9.17, 15) is 17.6 Å². The number of aromatic nitrogens is 5. The summed E-state index contributed by atoms with van der Waals surface area (Å²) in [7, 11) is 0. The number of benzene rings is 1. The Labute approximate surface area is 218 Å². The van der Waals surface area contributed by atoms with Crippen molar-refractivity contribution < 1.29 is 17.6 Å². The summed E-state index contributed by atoms with van der Waals surface area (Å²) in [5, 5.41) is 3.78. The molecule has 38 heavy (non-hydrogen) atoms. The molecule has 1 aromatic carbocycles. The van der Waals surface area contributed by atoms with Crippen LogP contribution in [0, 0.1) is 17.6 Å².